The second-order valence-electron chi connectivity index (χ2n) is 31.4. The fraction of sp³-hybridized carbons (Fsp3) is 0.636. The summed E-state index contributed by atoms with van der Waals surface area (Å²) in [4.78, 5) is 131. The Labute approximate surface area is 699 Å². The van der Waals surface area contributed by atoms with Gasteiger partial charge in [0.25, 0.3) is 11.8 Å². The molecule has 5 N–H and O–H groups in total. The van der Waals surface area contributed by atoms with Crippen molar-refractivity contribution in [2.45, 2.75) is 213 Å². The topological polar surface area (TPSA) is 358 Å². The Bertz CT molecular complexity index is 3880. The monoisotopic (exact) mass is 1660 g/mol. The van der Waals surface area contributed by atoms with Gasteiger partial charge in [0.05, 0.1) is 147 Å². The fourth-order valence-corrected chi connectivity index (χ4v) is 15.2. The second kappa shape index (κ2) is 50.2. The molecule has 9 rings (SSSR count). The van der Waals surface area contributed by atoms with Crippen LogP contribution in [-0.2, 0) is 73.3 Å². The molecule has 2 fully saturated rings. The van der Waals surface area contributed by atoms with Crippen LogP contribution in [-0.4, -0.2) is 243 Å². The normalized spacial score (nSPS) is 18.8. The lowest BCUT2D eigenvalue weighted by Gasteiger charge is -2.31. The number of likely N-dealkylation sites (tertiary alicyclic amines) is 1. The van der Waals surface area contributed by atoms with Gasteiger partial charge in [0, 0.05) is 82.0 Å². The first-order chi connectivity index (χ1) is 57.7. The molecule has 3 aromatic rings. The number of benzene rings is 3. The van der Waals surface area contributed by atoms with Gasteiger partial charge in [-0.2, -0.15) is 0 Å². The SMILES string of the molecule is COc1cc2c(cc1OCCCCCOc1cc3c(cc1OC)C(=O)N1C=C(C)C[C@H]1[C@H](O)N3C(=O)OCc1ccc(NC(=O)C(C)NC(=O)[C@@H](NC(=O)CCOCCOCCOCCOCCCCCOCCOCCOCCNC(=O)CCN3C(=O)CC(C4CCCCCCCCCCC4)C3=O)C(C)C)cc1)N=C[C@@H]1CC(C)=CN1C2=O. The van der Waals surface area contributed by atoms with Crippen LogP contribution in [0.5, 0.6) is 23.0 Å². The van der Waals surface area contributed by atoms with Gasteiger partial charge in [-0.1, -0.05) is 94.9 Å². The minimum Gasteiger partial charge on any atom is -0.493 e. The summed E-state index contributed by atoms with van der Waals surface area (Å²) in [5.41, 5.74) is 3.94. The van der Waals surface area contributed by atoms with Crippen molar-refractivity contribution in [3.05, 3.63) is 88.8 Å². The van der Waals surface area contributed by atoms with Crippen LogP contribution in [0.2, 0.25) is 0 Å². The van der Waals surface area contributed by atoms with Crippen LogP contribution in [0, 0.1) is 17.8 Å². The number of fused-ring (bicyclic) bond motifs is 4. The van der Waals surface area contributed by atoms with E-state index >= 15 is 0 Å². The van der Waals surface area contributed by atoms with Crippen LogP contribution in [0.15, 0.2) is 77.1 Å². The zero-order valence-corrected chi connectivity index (χ0v) is 70.7. The Morgan fingerprint density at radius 2 is 1.08 bits per heavy atom. The standard InChI is InChI=1S/C88H127N9O22/c1-60(2)81(93-79(99)30-37-112-41-45-116-48-47-115-44-40-111-34-20-15-19-33-110-39-43-114-46-42-113-38-31-89-78(98)29-32-94-80(100)53-68(84(94)103)65-23-17-13-11-9-8-10-12-14-18-24-65)83(102)91-63(5)82(101)92-66-27-25-64(26-28-66)59-119-88(107)97-72-55-77(75(109-7)52-70(72)86(105)96-58-62(4)50-73(96)87(97)106)118-36-22-16-21-35-117-76-54-71-69(51-74(76)108-6)85(104)95-57-61(3)49-67(95)56-90-71/h25-28,51-52,54-58,60,63,65,67-68,73,81,87,106H,8-24,29-50,53,59H2,1-7H3,(H,89,98)(H,91,102)(H,92,101)(H,93,99)/t63?,67-,68?,73-,81-,87-/m0/s1. The lowest BCUT2D eigenvalue weighted by Crippen LogP contribution is -2.53. The zero-order chi connectivity index (χ0) is 84.8. The number of amides is 9. The first-order valence-electron chi connectivity index (χ1n) is 42.8. The molecule has 1 aliphatic carbocycles. The van der Waals surface area contributed by atoms with Crippen LogP contribution < -0.4 is 45.1 Å². The lowest BCUT2D eigenvalue weighted by atomic mass is 9.82. The Kier molecular flexibility index (Phi) is 39.6. The van der Waals surface area contributed by atoms with E-state index in [1.807, 2.05) is 20.0 Å². The summed E-state index contributed by atoms with van der Waals surface area (Å²) < 4.78 is 68.9. The third-order valence-corrected chi connectivity index (χ3v) is 21.9. The van der Waals surface area contributed by atoms with E-state index in [0.717, 1.165) is 67.4 Å². The molecule has 0 aromatic heterocycles. The molecule has 6 aliphatic rings. The number of nitrogens with zero attached hydrogens (tertiary/aromatic N) is 5. The molecule has 119 heavy (non-hydrogen) atoms. The number of hydrogen-bond donors (Lipinski definition) is 5. The van der Waals surface area contributed by atoms with Crippen molar-refractivity contribution in [2.75, 3.05) is 143 Å². The summed E-state index contributed by atoms with van der Waals surface area (Å²) >= 11 is 0. The van der Waals surface area contributed by atoms with E-state index in [9.17, 15) is 48.3 Å². The number of carbonyl (C=O) groups is 9. The first-order valence-corrected chi connectivity index (χ1v) is 42.8. The van der Waals surface area contributed by atoms with Gasteiger partial charge in [-0.15, -0.1) is 0 Å². The molecule has 2 unspecified atom stereocenters. The summed E-state index contributed by atoms with van der Waals surface area (Å²) in [7, 11) is 2.97. The van der Waals surface area contributed by atoms with Crippen molar-refractivity contribution in [3.63, 3.8) is 0 Å². The van der Waals surface area contributed by atoms with Gasteiger partial charge in [0.15, 0.2) is 29.2 Å². The fourth-order valence-electron chi connectivity index (χ4n) is 15.2. The van der Waals surface area contributed by atoms with Crippen molar-refractivity contribution in [1.82, 2.24) is 30.7 Å². The Morgan fingerprint density at radius 1 is 0.546 bits per heavy atom. The average Bonchev–Trinajstić information content (AvgIpc) is 1.61. The lowest BCUT2D eigenvalue weighted by molar-refractivity contribution is -0.140. The number of rotatable bonds is 49. The molecule has 1 saturated carbocycles. The van der Waals surface area contributed by atoms with Crippen molar-refractivity contribution in [2.24, 2.45) is 22.7 Å². The van der Waals surface area contributed by atoms with Crippen molar-refractivity contribution < 1.29 is 105 Å². The number of anilines is 2. The minimum absolute atomic E-state index is 0.00466. The quantitative estimate of drug-likeness (QED) is 0.0259. The number of ether oxygens (including phenoxy) is 12. The second-order valence-corrected chi connectivity index (χ2v) is 31.4. The molecule has 1 saturated heterocycles. The number of nitrogens with one attached hydrogen (secondary N) is 4. The highest BCUT2D eigenvalue weighted by molar-refractivity contribution is 6.07. The third-order valence-electron chi connectivity index (χ3n) is 21.9. The highest BCUT2D eigenvalue weighted by Gasteiger charge is 2.46. The number of methoxy groups -OCH3 is 2. The summed E-state index contributed by atoms with van der Waals surface area (Å²) in [6, 6.07) is 9.98. The third kappa shape index (κ3) is 29.4. The highest BCUT2D eigenvalue weighted by Crippen LogP contribution is 2.44. The predicted octanol–water partition coefficient (Wildman–Crippen LogP) is 10.8. The summed E-state index contributed by atoms with van der Waals surface area (Å²) in [5.74, 6) is -1.47. The molecule has 0 bridgehead atoms. The molecule has 656 valence electrons. The van der Waals surface area contributed by atoms with E-state index in [4.69, 9.17) is 56.8 Å². The van der Waals surface area contributed by atoms with Crippen LogP contribution in [0.1, 0.15) is 202 Å². The van der Waals surface area contributed by atoms with Gasteiger partial charge in [0.1, 0.15) is 18.7 Å². The average molecular weight is 1660 g/mol. The van der Waals surface area contributed by atoms with Crippen molar-refractivity contribution in [3.8, 4) is 23.0 Å². The van der Waals surface area contributed by atoms with Crippen LogP contribution in [0.25, 0.3) is 0 Å². The minimum atomic E-state index is -1.53. The smallest absolute Gasteiger partial charge is 0.416 e. The van der Waals surface area contributed by atoms with Gasteiger partial charge in [0.2, 0.25) is 35.4 Å². The summed E-state index contributed by atoms with van der Waals surface area (Å²) in [6.07, 6.45) is 21.9. The molecule has 9 amide bonds. The number of aliphatic hydroxyl groups excluding tert-OH is 1. The molecule has 31 heteroatoms. The van der Waals surface area contributed by atoms with Gasteiger partial charge in [-0.3, -0.25) is 48.2 Å². The van der Waals surface area contributed by atoms with Gasteiger partial charge >= 0.3 is 6.09 Å². The Morgan fingerprint density at radius 3 is 1.67 bits per heavy atom. The number of hydrogen-bond acceptors (Lipinski definition) is 23. The number of aliphatic hydroxyl groups is 1. The van der Waals surface area contributed by atoms with Crippen LogP contribution >= 0.6 is 0 Å². The number of imide groups is 1. The molecule has 0 spiro atoms. The number of unbranched alkanes of at least 4 members (excludes halogenated alkanes) is 4. The van der Waals surface area contributed by atoms with E-state index in [-0.39, 0.29) is 122 Å². The number of aliphatic imine (C=N–C) groups is 1. The molecule has 31 nitrogen and oxygen atoms in total. The molecule has 5 aliphatic heterocycles. The maximum absolute atomic E-state index is 14.3. The predicted molar refractivity (Wildman–Crippen MR) is 445 cm³/mol. The first kappa shape index (κ1) is 93.8. The van der Waals surface area contributed by atoms with Gasteiger partial charge in [-0.05, 0) is 127 Å². The molecule has 5 heterocycles. The molecule has 6 atom stereocenters. The zero-order valence-electron chi connectivity index (χ0n) is 70.7. The van der Waals surface area contributed by atoms with Crippen molar-refractivity contribution in [1.29, 1.82) is 0 Å². The highest BCUT2D eigenvalue weighted by atomic mass is 16.6. The van der Waals surface area contributed by atoms with Crippen LogP contribution in [0.3, 0.4) is 0 Å². The molecule has 3 aromatic carbocycles. The van der Waals surface area contributed by atoms with E-state index in [2.05, 4.69) is 26.3 Å². The van der Waals surface area contributed by atoms with Crippen molar-refractivity contribution >= 4 is 76.6 Å². The maximum atomic E-state index is 14.3. The molecule has 0 radical (unpaired) electrons. The van der Waals surface area contributed by atoms with E-state index in [0.29, 0.717) is 152 Å². The van der Waals surface area contributed by atoms with E-state index < -0.39 is 54.1 Å². The molecular weight excluding hydrogens is 1540 g/mol. The largest absolute Gasteiger partial charge is 0.493 e. The number of carbonyl (C=O) groups excluding carboxylic acids is 9. The van der Waals surface area contributed by atoms with Gasteiger partial charge < -0.3 is 93.0 Å². The maximum Gasteiger partial charge on any atom is 0.416 e. The Hall–Kier alpha value is -9.08. The van der Waals surface area contributed by atoms with Gasteiger partial charge in [-0.25, -0.2) is 9.69 Å². The Balaban J connectivity index is 0.562. The van der Waals surface area contributed by atoms with E-state index in [1.54, 1.807) is 67.6 Å². The summed E-state index contributed by atoms with van der Waals surface area (Å²) in [6.45, 7) is 15.3. The van der Waals surface area contributed by atoms with E-state index in [1.165, 1.54) is 88.0 Å². The molecular formula is C88H127N9O22. The summed E-state index contributed by atoms with van der Waals surface area (Å²) in [5, 5.41) is 23.0. The van der Waals surface area contributed by atoms with Crippen LogP contribution in [0.4, 0.5) is 21.9 Å².